The van der Waals surface area contributed by atoms with Crippen molar-refractivity contribution in [1.29, 1.82) is 0 Å². The molecule has 5 heteroatoms. The molecule has 0 saturated heterocycles. The maximum Gasteiger partial charge on any atom is 0.119 e. The van der Waals surface area contributed by atoms with E-state index in [0.717, 1.165) is 57.3 Å². The minimum Gasteiger partial charge on any atom is -0.497 e. The number of rotatable bonds is 8. The Morgan fingerprint density at radius 1 is 1.18 bits per heavy atom. The Morgan fingerprint density at radius 3 is 2.75 bits per heavy atom. The molecule has 2 N–H and O–H groups in total. The van der Waals surface area contributed by atoms with Crippen molar-refractivity contribution < 1.29 is 4.74 Å². The molecule has 1 atom stereocenters. The SMILES string of the molecule is COc1ccc2nc3cc(Br)ccc3c(C(N)CCCN(C)CC3CC3)c2c1. The second kappa shape index (κ2) is 8.36. The number of methoxy groups -OCH3 is 1. The molecule has 0 amide bonds. The van der Waals surface area contributed by atoms with Gasteiger partial charge in [-0.2, -0.15) is 0 Å². The number of ether oxygens (including phenoxy) is 1. The van der Waals surface area contributed by atoms with Crippen LogP contribution in [-0.2, 0) is 0 Å². The highest BCUT2D eigenvalue weighted by Gasteiger charge is 2.23. The predicted molar refractivity (Wildman–Crippen MR) is 120 cm³/mol. The van der Waals surface area contributed by atoms with Gasteiger partial charge in [-0.15, -0.1) is 0 Å². The summed E-state index contributed by atoms with van der Waals surface area (Å²) in [6.07, 6.45) is 4.85. The van der Waals surface area contributed by atoms with E-state index in [1.165, 1.54) is 24.9 Å². The molecule has 1 aromatic heterocycles. The van der Waals surface area contributed by atoms with Crippen molar-refractivity contribution >= 4 is 37.7 Å². The van der Waals surface area contributed by atoms with Gasteiger partial charge in [0.15, 0.2) is 0 Å². The molecule has 1 unspecified atom stereocenters. The van der Waals surface area contributed by atoms with Gasteiger partial charge in [0.1, 0.15) is 5.75 Å². The highest BCUT2D eigenvalue weighted by Crippen LogP contribution is 2.35. The van der Waals surface area contributed by atoms with Gasteiger partial charge in [-0.1, -0.05) is 22.0 Å². The van der Waals surface area contributed by atoms with E-state index in [-0.39, 0.29) is 6.04 Å². The molecule has 0 bridgehead atoms. The molecule has 4 nitrogen and oxygen atoms in total. The summed E-state index contributed by atoms with van der Waals surface area (Å²) in [5, 5.41) is 2.22. The number of hydrogen-bond donors (Lipinski definition) is 1. The molecule has 1 saturated carbocycles. The number of halogens is 1. The summed E-state index contributed by atoms with van der Waals surface area (Å²) in [6, 6.07) is 12.3. The first kappa shape index (κ1) is 19.6. The second-order valence-electron chi connectivity index (χ2n) is 8.02. The van der Waals surface area contributed by atoms with Crippen LogP contribution in [0.5, 0.6) is 5.75 Å². The van der Waals surface area contributed by atoms with Gasteiger partial charge >= 0.3 is 0 Å². The lowest BCUT2D eigenvalue weighted by Crippen LogP contribution is -2.23. The molecule has 3 aromatic rings. The lowest BCUT2D eigenvalue weighted by Gasteiger charge is -2.20. The summed E-state index contributed by atoms with van der Waals surface area (Å²) in [7, 11) is 3.92. The van der Waals surface area contributed by atoms with Crippen LogP contribution in [0.25, 0.3) is 21.8 Å². The van der Waals surface area contributed by atoms with E-state index in [4.69, 9.17) is 15.5 Å². The minimum atomic E-state index is -0.0318. The van der Waals surface area contributed by atoms with Gasteiger partial charge in [-0.05, 0) is 81.1 Å². The average Bonchev–Trinajstić information content (AvgIpc) is 3.49. The first-order valence-electron chi connectivity index (χ1n) is 10.1. The zero-order valence-electron chi connectivity index (χ0n) is 16.6. The molecule has 148 valence electrons. The fraction of sp³-hybridized carbons (Fsp3) is 0.435. The first-order valence-corrected chi connectivity index (χ1v) is 10.9. The molecule has 2 aromatic carbocycles. The van der Waals surface area contributed by atoms with Crippen LogP contribution in [0.1, 0.15) is 37.3 Å². The molecular formula is C23H28BrN3O. The van der Waals surface area contributed by atoms with Crippen LogP contribution >= 0.6 is 15.9 Å². The van der Waals surface area contributed by atoms with Crippen molar-refractivity contribution in [2.45, 2.75) is 31.7 Å². The molecule has 28 heavy (non-hydrogen) atoms. The molecule has 1 heterocycles. The van der Waals surface area contributed by atoms with Gasteiger partial charge in [0, 0.05) is 27.8 Å². The maximum atomic E-state index is 6.76. The van der Waals surface area contributed by atoms with Crippen LogP contribution in [0.2, 0.25) is 0 Å². The smallest absolute Gasteiger partial charge is 0.119 e. The summed E-state index contributed by atoms with van der Waals surface area (Å²) in [5.41, 5.74) is 9.87. The van der Waals surface area contributed by atoms with Crippen molar-refractivity contribution in [2.24, 2.45) is 11.7 Å². The highest BCUT2D eigenvalue weighted by molar-refractivity contribution is 9.10. The van der Waals surface area contributed by atoms with E-state index < -0.39 is 0 Å². The van der Waals surface area contributed by atoms with Gasteiger partial charge in [0.25, 0.3) is 0 Å². The largest absolute Gasteiger partial charge is 0.497 e. The third kappa shape index (κ3) is 4.32. The van der Waals surface area contributed by atoms with Crippen molar-refractivity contribution in [3.63, 3.8) is 0 Å². The second-order valence-corrected chi connectivity index (χ2v) is 8.94. The van der Waals surface area contributed by atoms with E-state index in [1.54, 1.807) is 7.11 Å². The Balaban J connectivity index is 1.65. The van der Waals surface area contributed by atoms with Crippen LogP contribution in [0.4, 0.5) is 0 Å². The van der Waals surface area contributed by atoms with Gasteiger partial charge in [0.05, 0.1) is 18.1 Å². The fourth-order valence-electron chi connectivity index (χ4n) is 4.01. The molecule has 0 radical (unpaired) electrons. The lowest BCUT2D eigenvalue weighted by atomic mass is 9.94. The van der Waals surface area contributed by atoms with Crippen LogP contribution in [-0.4, -0.2) is 37.1 Å². The molecule has 0 aliphatic heterocycles. The first-order chi connectivity index (χ1) is 13.5. The third-order valence-corrected chi connectivity index (χ3v) is 6.17. The summed E-state index contributed by atoms with van der Waals surface area (Å²) in [6.45, 7) is 2.32. The van der Waals surface area contributed by atoms with E-state index in [9.17, 15) is 0 Å². The standard InChI is InChI=1S/C23H28BrN3O/c1-27(14-15-5-6-15)11-3-4-20(25)23-18-9-7-16(24)12-22(18)26-21-10-8-17(28-2)13-19(21)23/h7-10,12-13,15,20H,3-6,11,14,25H2,1-2H3. The third-order valence-electron chi connectivity index (χ3n) is 5.68. The fourth-order valence-corrected chi connectivity index (χ4v) is 4.36. The number of nitrogens with zero attached hydrogens (tertiary/aromatic N) is 2. The van der Waals surface area contributed by atoms with E-state index in [0.29, 0.717) is 0 Å². The summed E-state index contributed by atoms with van der Waals surface area (Å²) >= 11 is 3.57. The van der Waals surface area contributed by atoms with Crippen LogP contribution < -0.4 is 10.5 Å². The Bertz CT molecular complexity index is 986. The van der Waals surface area contributed by atoms with Crippen LogP contribution in [0, 0.1) is 5.92 Å². The maximum absolute atomic E-state index is 6.76. The van der Waals surface area contributed by atoms with E-state index in [2.05, 4.69) is 52.1 Å². The van der Waals surface area contributed by atoms with Gasteiger partial charge in [-0.25, -0.2) is 4.98 Å². The Labute approximate surface area is 175 Å². The average molecular weight is 442 g/mol. The van der Waals surface area contributed by atoms with Gasteiger partial charge < -0.3 is 15.4 Å². The molecule has 1 aliphatic rings. The molecule has 1 fully saturated rings. The van der Waals surface area contributed by atoms with Crippen LogP contribution in [0.15, 0.2) is 40.9 Å². The summed E-state index contributed by atoms with van der Waals surface area (Å²) in [5.74, 6) is 1.76. The topological polar surface area (TPSA) is 51.4 Å². The number of benzene rings is 2. The van der Waals surface area contributed by atoms with Gasteiger partial charge in [0.2, 0.25) is 0 Å². The summed E-state index contributed by atoms with van der Waals surface area (Å²) in [4.78, 5) is 7.31. The van der Waals surface area contributed by atoms with Crippen molar-refractivity contribution in [3.8, 4) is 5.75 Å². The molecule has 0 spiro atoms. The van der Waals surface area contributed by atoms with E-state index >= 15 is 0 Å². The van der Waals surface area contributed by atoms with Crippen LogP contribution in [0.3, 0.4) is 0 Å². The van der Waals surface area contributed by atoms with E-state index in [1.807, 2.05) is 12.1 Å². The molecule has 1 aliphatic carbocycles. The van der Waals surface area contributed by atoms with Gasteiger partial charge in [-0.3, -0.25) is 0 Å². The normalized spacial score (nSPS) is 15.5. The Hall–Kier alpha value is -1.69. The van der Waals surface area contributed by atoms with Crippen molar-refractivity contribution in [2.75, 3.05) is 27.2 Å². The van der Waals surface area contributed by atoms with Crippen molar-refractivity contribution in [1.82, 2.24) is 9.88 Å². The lowest BCUT2D eigenvalue weighted by molar-refractivity contribution is 0.309. The number of pyridine rings is 1. The highest BCUT2D eigenvalue weighted by atomic mass is 79.9. The molecular weight excluding hydrogens is 414 g/mol. The zero-order chi connectivity index (χ0) is 19.7. The summed E-state index contributed by atoms with van der Waals surface area (Å²) < 4.78 is 6.49. The number of aromatic nitrogens is 1. The quantitative estimate of drug-likeness (QED) is 0.483. The van der Waals surface area contributed by atoms with Crippen molar-refractivity contribution in [3.05, 3.63) is 46.4 Å². The number of nitrogens with two attached hydrogens (primary N) is 1. The Kier molecular flexibility index (Phi) is 5.85. The number of fused-ring (bicyclic) bond motifs is 2. The predicted octanol–water partition coefficient (Wildman–Crippen LogP) is 5.28. The monoisotopic (exact) mass is 441 g/mol. The number of hydrogen-bond acceptors (Lipinski definition) is 4. The Morgan fingerprint density at radius 2 is 2.00 bits per heavy atom. The zero-order valence-corrected chi connectivity index (χ0v) is 18.2. The molecule has 4 rings (SSSR count). The minimum absolute atomic E-state index is 0.0318.